The number of nitrogens with one attached hydrogen (secondary N) is 1. The molecule has 0 saturated carbocycles. The van der Waals surface area contributed by atoms with Gasteiger partial charge in [-0.3, -0.25) is 23.9 Å². The van der Waals surface area contributed by atoms with Crippen molar-refractivity contribution < 1.29 is 19.1 Å². The molecule has 0 saturated heterocycles. The van der Waals surface area contributed by atoms with E-state index in [-0.39, 0.29) is 17.2 Å². The number of ketones is 1. The Morgan fingerprint density at radius 1 is 0.976 bits per heavy atom. The first-order chi connectivity index (χ1) is 19.9. The Hall–Kier alpha value is -5.02. The first-order valence-corrected chi connectivity index (χ1v) is 13.3. The van der Waals surface area contributed by atoms with Gasteiger partial charge in [0, 0.05) is 35.3 Å². The number of hydrogen-bond acceptors (Lipinski definition) is 7. The molecule has 0 radical (unpaired) electrons. The highest BCUT2D eigenvalue weighted by Gasteiger charge is 2.27. The Morgan fingerprint density at radius 2 is 1.80 bits per heavy atom. The van der Waals surface area contributed by atoms with E-state index in [4.69, 9.17) is 21.1 Å². The quantitative estimate of drug-likeness (QED) is 0.268. The number of halogens is 1. The fourth-order valence-corrected chi connectivity index (χ4v) is 5.11. The van der Waals surface area contributed by atoms with Gasteiger partial charge in [-0.05, 0) is 61.4 Å². The molecule has 0 atom stereocenters. The lowest BCUT2D eigenvalue weighted by Crippen LogP contribution is -2.33. The van der Waals surface area contributed by atoms with Crippen molar-refractivity contribution in [2.24, 2.45) is 0 Å². The Labute approximate surface area is 239 Å². The van der Waals surface area contributed by atoms with E-state index in [0.29, 0.717) is 64.0 Å². The fraction of sp³-hybridized carbons (Fsp3) is 0.129. The molecule has 2 aromatic carbocycles. The van der Waals surface area contributed by atoms with Crippen molar-refractivity contribution in [2.45, 2.75) is 19.3 Å². The minimum atomic E-state index is -0.688. The largest absolute Gasteiger partial charge is 0.497 e. The number of para-hydroxylation sites is 1. The maximum Gasteiger partial charge on any atom is 0.268 e. The van der Waals surface area contributed by atoms with E-state index in [1.807, 2.05) is 18.2 Å². The van der Waals surface area contributed by atoms with Crippen molar-refractivity contribution in [2.75, 3.05) is 12.4 Å². The zero-order valence-corrected chi connectivity index (χ0v) is 22.6. The maximum absolute atomic E-state index is 13.6. The topological polar surface area (TPSA) is 112 Å². The number of fused-ring (bicyclic) bond motifs is 2. The number of methoxy groups -OCH3 is 1. The molecule has 1 amide bonds. The highest BCUT2D eigenvalue weighted by atomic mass is 35.5. The molecule has 6 rings (SSSR count). The summed E-state index contributed by atoms with van der Waals surface area (Å²) in [6.45, 7) is 0. The van der Waals surface area contributed by atoms with Crippen LogP contribution in [0.4, 0.5) is 5.82 Å². The second-order valence-electron chi connectivity index (χ2n) is 9.41. The molecule has 0 bridgehead atoms. The molecule has 1 N–H and O–H groups in total. The van der Waals surface area contributed by atoms with Crippen LogP contribution in [-0.4, -0.2) is 33.3 Å². The van der Waals surface area contributed by atoms with Crippen LogP contribution in [0.2, 0.25) is 5.02 Å². The highest BCUT2D eigenvalue weighted by Crippen LogP contribution is 2.31. The van der Waals surface area contributed by atoms with Gasteiger partial charge in [-0.1, -0.05) is 23.7 Å². The highest BCUT2D eigenvalue weighted by molar-refractivity contribution is 6.32. The number of carbonyl (C=O) groups excluding carboxylic acids is 2. The van der Waals surface area contributed by atoms with Crippen LogP contribution in [0.3, 0.4) is 0 Å². The van der Waals surface area contributed by atoms with E-state index >= 15 is 0 Å². The Bertz CT molecular complexity index is 1890. The molecule has 41 heavy (non-hydrogen) atoms. The van der Waals surface area contributed by atoms with Gasteiger partial charge < -0.3 is 14.8 Å². The third-order valence-electron chi connectivity index (χ3n) is 6.87. The van der Waals surface area contributed by atoms with Gasteiger partial charge in [0.1, 0.15) is 28.6 Å². The number of aromatic nitrogens is 3. The molecule has 9 nitrogen and oxygen atoms in total. The van der Waals surface area contributed by atoms with Gasteiger partial charge in [0.25, 0.3) is 11.5 Å². The van der Waals surface area contributed by atoms with Gasteiger partial charge >= 0.3 is 0 Å². The lowest BCUT2D eigenvalue weighted by Gasteiger charge is -2.22. The number of anilines is 1. The van der Waals surface area contributed by atoms with E-state index in [0.717, 1.165) is 5.39 Å². The average Bonchev–Trinajstić information content (AvgIpc) is 2.98. The number of carbonyl (C=O) groups is 2. The number of ether oxygens (including phenoxy) is 2. The molecule has 0 aliphatic heterocycles. The molecule has 0 fully saturated rings. The molecular formula is C31H23ClN4O5. The zero-order valence-electron chi connectivity index (χ0n) is 21.9. The number of hydrogen-bond donors (Lipinski definition) is 1. The Morgan fingerprint density at radius 3 is 2.59 bits per heavy atom. The van der Waals surface area contributed by atoms with E-state index in [1.165, 1.54) is 16.8 Å². The molecule has 5 aromatic rings. The summed E-state index contributed by atoms with van der Waals surface area (Å²) >= 11 is 6.41. The number of benzene rings is 2. The molecule has 1 aliphatic rings. The first kappa shape index (κ1) is 26.2. The fourth-order valence-electron chi connectivity index (χ4n) is 4.89. The summed E-state index contributed by atoms with van der Waals surface area (Å²) in [7, 11) is 1.59. The van der Waals surface area contributed by atoms with Crippen LogP contribution in [0, 0.1) is 0 Å². The maximum atomic E-state index is 13.6. The predicted molar refractivity (Wildman–Crippen MR) is 155 cm³/mol. The summed E-state index contributed by atoms with van der Waals surface area (Å²) in [6.07, 6.45) is 4.58. The summed E-state index contributed by atoms with van der Waals surface area (Å²) in [5.74, 6) is 1.10. The molecule has 3 aromatic heterocycles. The monoisotopic (exact) mass is 566 g/mol. The third-order valence-corrected chi connectivity index (χ3v) is 7.19. The molecule has 3 heterocycles. The van der Waals surface area contributed by atoms with E-state index in [1.54, 1.807) is 55.8 Å². The summed E-state index contributed by atoms with van der Waals surface area (Å²) in [5.41, 5.74) is 1.29. The number of nitrogens with zero attached hydrogens (tertiary/aromatic N) is 3. The van der Waals surface area contributed by atoms with Crippen molar-refractivity contribution in [3.63, 3.8) is 0 Å². The molecule has 0 unspecified atom stereocenters. The molecule has 1 aliphatic carbocycles. The van der Waals surface area contributed by atoms with Gasteiger partial charge in [0.15, 0.2) is 5.78 Å². The first-order valence-electron chi connectivity index (χ1n) is 12.9. The SMILES string of the molecule is COc1ccc2c(Oc3ccc(NC(=O)c4cc5c(n(-c6ccccc6Cl)c4=O)CCCC5=O)nc3)ccnc2c1. The van der Waals surface area contributed by atoms with E-state index in [9.17, 15) is 14.4 Å². The molecular weight excluding hydrogens is 544 g/mol. The summed E-state index contributed by atoms with van der Waals surface area (Å²) in [4.78, 5) is 48.4. The Kier molecular flexibility index (Phi) is 6.94. The van der Waals surface area contributed by atoms with E-state index < -0.39 is 11.5 Å². The second kappa shape index (κ2) is 10.9. The van der Waals surface area contributed by atoms with Gasteiger partial charge in [-0.2, -0.15) is 0 Å². The van der Waals surface area contributed by atoms with Crippen LogP contribution in [0.25, 0.3) is 16.6 Å². The van der Waals surface area contributed by atoms with Crippen LogP contribution in [-0.2, 0) is 6.42 Å². The molecule has 204 valence electrons. The number of pyridine rings is 3. The Balaban J connectivity index is 1.28. The predicted octanol–water partition coefficient (Wildman–Crippen LogP) is 6.01. The average molecular weight is 567 g/mol. The van der Waals surface area contributed by atoms with Gasteiger partial charge in [-0.25, -0.2) is 4.98 Å². The normalized spacial score (nSPS) is 12.6. The molecule has 10 heteroatoms. The van der Waals surface area contributed by atoms with Crippen molar-refractivity contribution in [1.82, 2.24) is 14.5 Å². The lowest BCUT2D eigenvalue weighted by molar-refractivity contribution is 0.0971. The van der Waals surface area contributed by atoms with Crippen LogP contribution in [0.15, 0.2) is 83.9 Å². The number of Topliss-reactive ketones (excluding diaryl/α,β-unsaturated/α-hetero) is 1. The van der Waals surface area contributed by atoms with Crippen molar-refractivity contribution in [1.29, 1.82) is 0 Å². The molecule has 0 spiro atoms. The smallest absolute Gasteiger partial charge is 0.268 e. The van der Waals surface area contributed by atoms with E-state index in [2.05, 4.69) is 15.3 Å². The summed E-state index contributed by atoms with van der Waals surface area (Å²) in [5, 5.41) is 3.79. The van der Waals surface area contributed by atoms with Gasteiger partial charge in [0.05, 0.1) is 29.5 Å². The summed E-state index contributed by atoms with van der Waals surface area (Å²) < 4.78 is 12.7. The van der Waals surface area contributed by atoms with Gasteiger partial charge in [0.2, 0.25) is 0 Å². The zero-order chi connectivity index (χ0) is 28.5. The van der Waals surface area contributed by atoms with Gasteiger partial charge in [-0.15, -0.1) is 0 Å². The van der Waals surface area contributed by atoms with Crippen molar-refractivity contribution in [3.8, 4) is 22.9 Å². The minimum Gasteiger partial charge on any atom is -0.497 e. The summed E-state index contributed by atoms with van der Waals surface area (Å²) in [6, 6.07) is 18.7. The van der Waals surface area contributed by atoms with Crippen LogP contribution >= 0.6 is 11.6 Å². The number of rotatable bonds is 6. The van der Waals surface area contributed by atoms with Crippen molar-refractivity contribution >= 4 is 40.0 Å². The third kappa shape index (κ3) is 5.03. The number of amides is 1. The van der Waals surface area contributed by atoms with Crippen LogP contribution in [0.5, 0.6) is 17.2 Å². The van der Waals surface area contributed by atoms with Crippen molar-refractivity contribution in [3.05, 3.63) is 111 Å². The van der Waals surface area contributed by atoms with Crippen LogP contribution in [0.1, 0.15) is 39.3 Å². The lowest BCUT2D eigenvalue weighted by atomic mass is 9.92. The van der Waals surface area contributed by atoms with Crippen LogP contribution < -0.4 is 20.3 Å². The second-order valence-corrected chi connectivity index (χ2v) is 9.82. The standard InChI is InChI=1S/C31H23ClN4O5/c1-40-18-9-11-20-24(15-18)33-14-13-28(20)41-19-10-12-29(34-17-19)35-30(38)22-16-21-25(7-4-8-27(21)37)36(31(22)39)26-6-3-2-5-23(26)32/h2-3,5-6,9-17H,4,7-8H2,1H3,(H,34,35,38). The minimum absolute atomic E-state index is 0.122.